The summed E-state index contributed by atoms with van der Waals surface area (Å²) >= 11 is 6.00. The maximum Gasteiger partial charge on any atom is 0.238 e. The fourth-order valence-corrected chi connectivity index (χ4v) is 2.94. The Hall–Kier alpha value is -0.520. The zero-order chi connectivity index (χ0) is 12.5. The van der Waals surface area contributed by atoms with E-state index in [9.17, 15) is 5.11 Å². The topological polar surface area (TPSA) is 44.7 Å². The van der Waals surface area contributed by atoms with Gasteiger partial charge in [0, 0.05) is 22.3 Å². The van der Waals surface area contributed by atoms with Crippen LogP contribution in [0.4, 0.5) is 5.69 Å². The SMILES string of the molecule is Cl.OC1OCc2cc(Cl)ccc2N1C1CCNCC1. The minimum atomic E-state index is -0.846. The second-order valence-electron chi connectivity index (χ2n) is 4.80. The van der Waals surface area contributed by atoms with E-state index in [2.05, 4.69) is 5.32 Å². The minimum absolute atomic E-state index is 0. The Balaban J connectivity index is 0.00000133. The quantitative estimate of drug-likeness (QED) is 0.834. The van der Waals surface area contributed by atoms with Crippen LogP contribution in [0, 0.1) is 0 Å². The fraction of sp³-hybridized carbons (Fsp3) is 0.538. The standard InChI is InChI=1S/C13H17ClN2O2.ClH/c14-10-1-2-12-9(7-10)8-18-13(17)16(12)11-3-5-15-6-4-11;/h1-2,7,11,13,15,17H,3-6,8H2;1H. The van der Waals surface area contributed by atoms with E-state index in [1.54, 1.807) is 0 Å². The number of halogens is 2. The molecule has 0 radical (unpaired) electrons. The van der Waals surface area contributed by atoms with Crippen LogP contribution in [0.2, 0.25) is 5.02 Å². The fourth-order valence-electron chi connectivity index (χ4n) is 2.75. The lowest BCUT2D eigenvalue weighted by Crippen LogP contribution is -2.51. The summed E-state index contributed by atoms with van der Waals surface area (Å²) in [6, 6.07) is 6.08. The van der Waals surface area contributed by atoms with Crippen LogP contribution >= 0.6 is 24.0 Å². The van der Waals surface area contributed by atoms with Gasteiger partial charge in [0.2, 0.25) is 6.41 Å². The lowest BCUT2D eigenvalue weighted by atomic mass is 10.0. The first-order chi connectivity index (χ1) is 8.75. The van der Waals surface area contributed by atoms with Crippen LogP contribution in [0.1, 0.15) is 18.4 Å². The van der Waals surface area contributed by atoms with Gasteiger partial charge in [-0.2, -0.15) is 0 Å². The van der Waals surface area contributed by atoms with Gasteiger partial charge in [0.15, 0.2) is 0 Å². The predicted molar refractivity (Wildman–Crippen MR) is 77.9 cm³/mol. The smallest absolute Gasteiger partial charge is 0.238 e. The molecule has 0 spiro atoms. The molecule has 2 aliphatic heterocycles. The van der Waals surface area contributed by atoms with Crippen LogP contribution in [0.25, 0.3) is 0 Å². The van der Waals surface area contributed by atoms with E-state index in [1.807, 2.05) is 23.1 Å². The summed E-state index contributed by atoms with van der Waals surface area (Å²) in [6.45, 7) is 2.38. The van der Waals surface area contributed by atoms with E-state index < -0.39 is 6.41 Å². The van der Waals surface area contributed by atoms with Crippen LogP contribution in [0.5, 0.6) is 0 Å². The summed E-state index contributed by atoms with van der Waals surface area (Å²) in [5, 5.41) is 14.1. The highest BCUT2D eigenvalue weighted by Gasteiger charge is 2.32. The number of aliphatic hydroxyl groups excluding tert-OH is 1. The third-order valence-corrected chi connectivity index (χ3v) is 3.88. The summed E-state index contributed by atoms with van der Waals surface area (Å²) in [5.41, 5.74) is 2.09. The first-order valence-electron chi connectivity index (χ1n) is 6.33. The molecule has 0 aliphatic carbocycles. The number of ether oxygens (including phenoxy) is 1. The molecule has 3 rings (SSSR count). The van der Waals surface area contributed by atoms with E-state index >= 15 is 0 Å². The number of piperidine rings is 1. The van der Waals surface area contributed by atoms with Crippen LogP contribution in [0.3, 0.4) is 0 Å². The Morgan fingerprint density at radius 2 is 2.05 bits per heavy atom. The number of aliphatic hydroxyl groups is 1. The molecular formula is C13H18Cl2N2O2. The minimum Gasteiger partial charge on any atom is -0.351 e. The normalized spacial score (nSPS) is 23.7. The third-order valence-electron chi connectivity index (χ3n) is 3.65. The third kappa shape index (κ3) is 2.98. The highest BCUT2D eigenvalue weighted by atomic mass is 35.5. The zero-order valence-electron chi connectivity index (χ0n) is 10.5. The van der Waals surface area contributed by atoms with E-state index in [0.29, 0.717) is 17.7 Å². The number of nitrogens with one attached hydrogen (secondary N) is 1. The van der Waals surface area contributed by atoms with Crippen LogP contribution in [-0.2, 0) is 11.3 Å². The molecule has 106 valence electrons. The number of rotatable bonds is 1. The van der Waals surface area contributed by atoms with Crippen molar-refractivity contribution in [3.63, 3.8) is 0 Å². The van der Waals surface area contributed by atoms with Crippen molar-refractivity contribution in [2.24, 2.45) is 0 Å². The number of hydrogen-bond donors (Lipinski definition) is 2. The maximum absolute atomic E-state index is 10.1. The Bertz CT molecular complexity index is 439. The van der Waals surface area contributed by atoms with E-state index in [-0.39, 0.29) is 12.4 Å². The van der Waals surface area contributed by atoms with Gasteiger partial charge in [0.05, 0.1) is 6.61 Å². The molecule has 0 aromatic heterocycles. The van der Waals surface area contributed by atoms with E-state index in [0.717, 1.165) is 37.2 Å². The molecule has 1 saturated heterocycles. The second-order valence-corrected chi connectivity index (χ2v) is 5.24. The number of hydrogen-bond acceptors (Lipinski definition) is 4. The Labute approximate surface area is 124 Å². The molecule has 2 N–H and O–H groups in total. The lowest BCUT2D eigenvalue weighted by Gasteiger charge is -2.42. The summed E-state index contributed by atoms with van der Waals surface area (Å²) in [4.78, 5) is 1.98. The first kappa shape index (κ1) is 14.9. The predicted octanol–water partition coefficient (Wildman–Crippen LogP) is 2.13. The number of anilines is 1. The van der Waals surface area contributed by atoms with E-state index in [1.165, 1.54) is 0 Å². The summed E-state index contributed by atoms with van der Waals surface area (Å²) in [7, 11) is 0. The van der Waals surface area contributed by atoms with Crippen molar-refractivity contribution in [2.75, 3.05) is 18.0 Å². The maximum atomic E-state index is 10.1. The molecule has 2 aliphatic rings. The van der Waals surface area contributed by atoms with Crippen LogP contribution in [0.15, 0.2) is 18.2 Å². The van der Waals surface area contributed by atoms with Crippen molar-refractivity contribution in [3.8, 4) is 0 Å². The number of fused-ring (bicyclic) bond motifs is 1. The number of nitrogens with zero attached hydrogens (tertiary/aromatic N) is 1. The molecule has 19 heavy (non-hydrogen) atoms. The van der Waals surface area contributed by atoms with Gasteiger partial charge in [0.25, 0.3) is 0 Å². The Morgan fingerprint density at radius 1 is 1.32 bits per heavy atom. The molecule has 1 aromatic rings. The average molecular weight is 305 g/mol. The van der Waals surface area contributed by atoms with Gasteiger partial charge in [-0.1, -0.05) is 11.6 Å². The van der Waals surface area contributed by atoms with Crippen molar-refractivity contribution >= 4 is 29.7 Å². The average Bonchev–Trinajstić information content (AvgIpc) is 2.40. The first-order valence-corrected chi connectivity index (χ1v) is 6.70. The zero-order valence-corrected chi connectivity index (χ0v) is 12.1. The summed E-state index contributed by atoms with van der Waals surface area (Å²) in [5.74, 6) is 0. The van der Waals surface area contributed by atoms with Crippen LogP contribution < -0.4 is 10.2 Å². The molecular weight excluding hydrogens is 287 g/mol. The van der Waals surface area contributed by atoms with Gasteiger partial charge in [-0.05, 0) is 44.1 Å². The van der Waals surface area contributed by atoms with Gasteiger partial charge in [-0.25, -0.2) is 0 Å². The van der Waals surface area contributed by atoms with Gasteiger partial charge in [-0.3, -0.25) is 0 Å². The van der Waals surface area contributed by atoms with Crippen molar-refractivity contribution < 1.29 is 9.84 Å². The molecule has 1 unspecified atom stereocenters. The monoisotopic (exact) mass is 304 g/mol. The molecule has 0 amide bonds. The van der Waals surface area contributed by atoms with Crippen molar-refractivity contribution in [1.82, 2.24) is 5.32 Å². The molecule has 0 saturated carbocycles. The summed E-state index contributed by atoms with van der Waals surface area (Å²) in [6.07, 6.45) is 1.19. The van der Waals surface area contributed by atoms with Gasteiger partial charge >= 0.3 is 0 Å². The molecule has 1 fully saturated rings. The summed E-state index contributed by atoms with van der Waals surface area (Å²) < 4.78 is 5.43. The lowest BCUT2D eigenvalue weighted by molar-refractivity contribution is -0.120. The Morgan fingerprint density at radius 3 is 2.79 bits per heavy atom. The second kappa shape index (κ2) is 6.29. The van der Waals surface area contributed by atoms with Crippen molar-refractivity contribution in [3.05, 3.63) is 28.8 Å². The van der Waals surface area contributed by atoms with Gasteiger partial charge in [0.1, 0.15) is 0 Å². The molecule has 6 heteroatoms. The molecule has 2 heterocycles. The van der Waals surface area contributed by atoms with Gasteiger partial charge < -0.3 is 20.1 Å². The highest BCUT2D eigenvalue weighted by Crippen LogP contribution is 2.33. The van der Waals surface area contributed by atoms with Gasteiger partial charge in [-0.15, -0.1) is 12.4 Å². The van der Waals surface area contributed by atoms with Crippen LogP contribution in [-0.4, -0.2) is 30.7 Å². The molecule has 0 bridgehead atoms. The number of benzene rings is 1. The molecule has 1 aromatic carbocycles. The van der Waals surface area contributed by atoms with E-state index in [4.69, 9.17) is 16.3 Å². The molecule has 4 nitrogen and oxygen atoms in total. The Kier molecular flexibility index (Phi) is 4.92. The van der Waals surface area contributed by atoms with Crippen molar-refractivity contribution in [2.45, 2.75) is 31.9 Å². The highest BCUT2D eigenvalue weighted by molar-refractivity contribution is 6.30. The largest absolute Gasteiger partial charge is 0.351 e. The molecule has 1 atom stereocenters. The van der Waals surface area contributed by atoms with Crippen molar-refractivity contribution in [1.29, 1.82) is 0 Å².